The van der Waals surface area contributed by atoms with E-state index in [1.54, 1.807) is 18.3 Å². The van der Waals surface area contributed by atoms with E-state index in [0.29, 0.717) is 15.9 Å². The van der Waals surface area contributed by atoms with E-state index in [9.17, 15) is 4.79 Å². The van der Waals surface area contributed by atoms with Gasteiger partial charge in [-0.2, -0.15) is 0 Å². The number of hydrogen-bond donors (Lipinski definition) is 1. The normalized spacial score (nSPS) is 10.5. The molecule has 76 valence electrons. The standard InChI is InChI=1S/C10H5Cl2NO2/c11-6-4-7(12)9-5(2-1-3-13-9)8(6)10(14)15/h1-4H,(H,14,15). The smallest absolute Gasteiger partial charge is 0.337 e. The first-order chi connectivity index (χ1) is 7.11. The van der Waals surface area contributed by atoms with Crippen molar-refractivity contribution in [3.05, 3.63) is 40.0 Å². The van der Waals surface area contributed by atoms with Gasteiger partial charge in [-0.15, -0.1) is 0 Å². The molecule has 0 aliphatic heterocycles. The van der Waals surface area contributed by atoms with Gasteiger partial charge in [0.15, 0.2) is 0 Å². The quantitative estimate of drug-likeness (QED) is 0.834. The third kappa shape index (κ3) is 1.64. The van der Waals surface area contributed by atoms with E-state index in [2.05, 4.69) is 4.98 Å². The molecule has 0 aliphatic rings. The molecule has 0 radical (unpaired) electrons. The Hall–Kier alpha value is -1.32. The Balaban J connectivity index is 2.96. The number of hydrogen-bond acceptors (Lipinski definition) is 2. The number of rotatable bonds is 1. The van der Waals surface area contributed by atoms with Crippen molar-refractivity contribution in [3.8, 4) is 0 Å². The van der Waals surface area contributed by atoms with Crippen LogP contribution >= 0.6 is 23.2 Å². The zero-order chi connectivity index (χ0) is 11.0. The van der Waals surface area contributed by atoms with Gasteiger partial charge in [0.05, 0.1) is 21.1 Å². The Morgan fingerprint density at radius 1 is 1.33 bits per heavy atom. The summed E-state index contributed by atoms with van der Waals surface area (Å²) in [7, 11) is 0. The lowest BCUT2D eigenvalue weighted by Gasteiger charge is -2.05. The average Bonchev–Trinajstić information content (AvgIpc) is 2.17. The molecule has 5 heteroatoms. The Morgan fingerprint density at radius 2 is 2.07 bits per heavy atom. The van der Waals surface area contributed by atoms with Crippen LogP contribution in [-0.2, 0) is 0 Å². The fraction of sp³-hybridized carbons (Fsp3) is 0. The molecule has 0 atom stereocenters. The van der Waals surface area contributed by atoms with Crippen LogP contribution in [0.3, 0.4) is 0 Å². The number of carboxylic acids is 1. The van der Waals surface area contributed by atoms with E-state index < -0.39 is 5.97 Å². The molecule has 0 aliphatic carbocycles. The Labute approximate surface area is 95.3 Å². The van der Waals surface area contributed by atoms with Crippen molar-refractivity contribution in [2.24, 2.45) is 0 Å². The molecule has 2 rings (SSSR count). The molecule has 0 fully saturated rings. The first-order valence-electron chi connectivity index (χ1n) is 4.07. The van der Waals surface area contributed by atoms with Crippen molar-refractivity contribution in [2.75, 3.05) is 0 Å². The molecule has 1 aromatic heterocycles. The van der Waals surface area contributed by atoms with E-state index in [-0.39, 0.29) is 10.6 Å². The van der Waals surface area contributed by atoms with Crippen LogP contribution in [0.5, 0.6) is 0 Å². The number of halogens is 2. The monoisotopic (exact) mass is 241 g/mol. The largest absolute Gasteiger partial charge is 0.478 e. The second-order valence-electron chi connectivity index (χ2n) is 2.92. The highest BCUT2D eigenvalue weighted by Crippen LogP contribution is 2.30. The maximum Gasteiger partial charge on any atom is 0.337 e. The minimum Gasteiger partial charge on any atom is -0.478 e. The number of carbonyl (C=O) groups is 1. The molecular formula is C10H5Cl2NO2. The molecule has 3 nitrogen and oxygen atoms in total. The lowest BCUT2D eigenvalue weighted by molar-refractivity contribution is 0.0699. The van der Waals surface area contributed by atoms with Crippen LogP contribution in [0.4, 0.5) is 0 Å². The molecule has 0 spiro atoms. The summed E-state index contributed by atoms with van der Waals surface area (Å²) in [5.41, 5.74) is 0.477. The predicted octanol–water partition coefficient (Wildman–Crippen LogP) is 3.24. The Kier molecular flexibility index (Phi) is 2.50. The van der Waals surface area contributed by atoms with Gasteiger partial charge in [-0.25, -0.2) is 4.79 Å². The number of pyridine rings is 1. The summed E-state index contributed by atoms with van der Waals surface area (Å²) in [6.07, 6.45) is 1.55. The number of benzene rings is 1. The maximum atomic E-state index is 11.0. The minimum atomic E-state index is -1.09. The SMILES string of the molecule is O=C(O)c1c(Cl)cc(Cl)c2ncccc12. The average molecular weight is 242 g/mol. The fourth-order valence-electron chi connectivity index (χ4n) is 1.40. The third-order valence-corrected chi connectivity index (χ3v) is 2.60. The molecule has 0 saturated heterocycles. The summed E-state index contributed by atoms with van der Waals surface area (Å²) in [5, 5.41) is 9.91. The first kappa shape index (κ1) is 10.2. The highest BCUT2D eigenvalue weighted by Gasteiger charge is 2.15. The van der Waals surface area contributed by atoms with Crippen molar-refractivity contribution in [3.63, 3.8) is 0 Å². The molecule has 0 bridgehead atoms. The van der Waals surface area contributed by atoms with Gasteiger partial charge < -0.3 is 5.11 Å². The molecule has 1 N–H and O–H groups in total. The Morgan fingerprint density at radius 3 is 2.73 bits per heavy atom. The van der Waals surface area contributed by atoms with E-state index in [4.69, 9.17) is 28.3 Å². The number of aromatic nitrogens is 1. The highest BCUT2D eigenvalue weighted by molar-refractivity contribution is 6.40. The van der Waals surface area contributed by atoms with Gasteiger partial charge >= 0.3 is 5.97 Å². The van der Waals surface area contributed by atoms with E-state index >= 15 is 0 Å². The number of carboxylic acid groups (broad SMARTS) is 1. The van der Waals surface area contributed by atoms with Crippen molar-refractivity contribution in [1.82, 2.24) is 4.98 Å². The van der Waals surface area contributed by atoms with Crippen molar-refractivity contribution >= 4 is 40.1 Å². The molecule has 0 saturated carbocycles. The number of fused-ring (bicyclic) bond motifs is 1. The van der Waals surface area contributed by atoms with Crippen molar-refractivity contribution in [1.29, 1.82) is 0 Å². The second-order valence-corrected chi connectivity index (χ2v) is 3.73. The van der Waals surface area contributed by atoms with Crippen LogP contribution in [0.15, 0.2) is 24.4 Å². The van der Waals surface area contributed by atoms with Crippen molar-refractivity contribution < 1.29 is 9.90 Å². The molecule has 0 unspecified atom stereocenters. The zero-order valence-electron chi connectivity index (χ0n) is 7.37. The van der Waals surface area contributed by atoms with E-state index in [1.165, 1.54) is 6.07 Å². The lowest BCUT2D eigenvalue weighted by atomic mass is 10.1. The van der Waals surface area contributed by atoms with Gasteiger partial charge in [0.25, 0.3) is 0 Å². The van der Waals surface area contributed by atoms with Crippen LogP contribution < -0.4 is 0 Å². The first-order valence-corrected chi connectivity index (χ1v) is 4.83. The number of nitrogens with zero attached hydrogens (tertiary/aromatic N) is 1. The Bertz CT molecular complexity index is 554. The predicted molar refractivity (Wildman–Crippen MR) is 58.7 cm³/mol. The van der Waals surface area contributed by atoms with Gasteiger partial charge in [-0.05, 0) is 12.1 Å². The zero-order valence-corrected chi connectivity index (χ0v) is 8.88. The van der Waals surface area contributed by atoms with Crippen molar-refractivity contribution in [2.45, 2.75) is 0 Å². The van der Waals surface area contributed by atoms with Gasteiger partial charge in [-0.3, -0.25) is 4.98 Å². The fourth-order valence-corrected chi connectivity index (χ4v) is 2.00. The van der Waals surface area contributed by atoms with Gasteiger partial charge in [0, 0.05) is 11.6 Å². The number of aromatic carboxylic acids is 1. The third-order valence-electron chi connectivity index (χ3n) is 2.01. The molecule has 2 aromatic rings. The van der Waals surface area contributed by atoms with Gasteiger partial charge in [-0.1, -0.05) is 29.3 Å². The molecule has 1 heterocycles. The summed E-state index contributed by atoms with van der Waals surface area (Å²) in [6, 6.07) is 4.66. The molecule has 0 amide bonds. The van der Waals surface area contributed by atoms with Gasteiger partial charge in [0.1, 0.15) is 0 Å². The van der Waals surface area contributed by atoms with Crippen LogP contribution in [0.2, 0.25) is 10.0 Å². The maximum absolute atomic E-state index is 11.0. The summed E-state index contributed by atoms with van der Waals surface area (Å²) in [4.78, 5) is 15.0. The second kappa shape index (κ2) is 3.68. The highest BCUT2D eigenvalue weighted by atomic mass is 35.5. The molecule has 15 heavy (non-hydrogen) atoms. The summed E-state index contributed by atoms with van der Waals surface area (Å²) < 4.78 is 0. The van der Waals surface area contributed by atoms with E-state index in [1.807, 2.05) is 0 Å². The van der Waals surface area contributed by atoms with Crippen LogP contribution in [-0.4, -0.2) is 16.1 Å². The molecule has 1 aromatic carbocycles. The molecular weight excluding hydrogens is 237 g/mol. The summed E-state index contributed by atoms with van der Waals surface area (Å²) in [6.45, 7) is 0. The topological polar surface area (TPSA) is 50.2 Å². The van der Waals surface area contributed by atoms with Crippen LogP contribution in [0.1, 0.15) is 10.4 Å². The summed E-state index contributed by atoms with van der Waals surface area (Å²) in [5.74, 6) is -1.09. The van der Waals surface area contributed by atoms with Crippen LogP contribution in [0, 0.1) is 0 Å². The van der Waals surface area contributed by atoms with Crippen LogP contribution in [0.25, 0.3) is 10.9 Å². The van der Waals surface area contributed by atoms with Gasteiger partial charge in [0.2, 0.25) is 0 Å². The summed E-state index contributed by atoms with van der Waals surface area (Å²) >= 11 is 11.7. The van der Waals surface area contributed by atoms with E-state index in [0.717, 1.165) is 0 Å². The minimum absolute atomic E-state index is 0.0316. The lowest BCUT2D eigenvalue weighted by Crippen LogP contribution is -1.99.